The molecule has 0 aliphatic rings. The number of para-hydroxylation sites is 1. The first-order chi connectivity index (χ1) is 10.6. The molecule has 0 radical (unpaired) electrons. The summed E-state index contributed by atoms with van der Waals surface area (Å²) in [5.74, 6) is -0.0516. The molecule has 1 heterocycles. The van der Waals surface area contributed by atoms with Crippen LogP contribution in [0.1, 0.15) is 21.5 Å². The van der Waals surface area contributed by atoms with Gasteiger partial charge in [-0.3, -0.25) is 4.79 Å². The molecule has 0 fully saturated rings. The number of hydrogen-bond donors (Lipinski definition) is 0. The van der Waals surface area contributed by atoms with Crippen molar-refractivity contribution in [1.29, 1.82) is 0 Å². The van der Waals surface area contributed by atoms with Gasteiger partial charge in [0, 0.05) is 16.5 Å². The summed E-state index contributed by atoms with van der Waals surface area (Å²) < 4.78 is 0. The summed E-state index contributed by atoms with van der Waals surface area (Å²) in [5.41, 5.74) is 3.37. The van der Waals surface area contributed by atoms with E-state index in [4.69, 9.17) is 11.6 Å². The third-order valence-electron chi connectivity index (χ3n) is 3.45. The van der Waals surface area contributed by atoms with Crippen molar-refractivity contribution in [3.63, 3.8) is 0 Å². The maximum absolute atomic E-state index is 12.2. The molecule has 0 aliphatic heterocycles. The SMILES string of the molecule is Cc1ccc(C(=O)C=Cc2cc3ccccc3nc2Cl)cc1. The van der Waals surface area contributed by atoms with E-state index in [0.717, 1.165) is 22.0 Å². The van der Waals surface area contributed by atoms with Gasteiger partial charge in [-0.2, -0.15) is 0 Å². The van der Waals surface area contributed by atoms with Gasteiger partial charge in [-0.1, -0.05) is 59.6 Å². The van der Waals surface area contributed by atoms with Crippen LogP contribution in [0.2, 0.25) is 5.15 Å². The lowest BCUT2D eigenvalue weighted by atomic mass is 10.1. The minimum Gasteiger partial charge on any atom is -0.289 e. The normalized spacial score (nSPS) is 11.2. The summed E-state index contributed by atoms with van der Waals surface area (Å²) in [5, 5.41) is 1.39. The van der Waals surface area contributed by atoms with Crippen LogP contribution in [-0.2, 0) is 0 Å². The summed E-state index contributed by atoms with van der Waals surface area (Å²) in [6.07, 6.45) is 3.24. The molecular formula is C19H14ClNO. The van der Waals surface area contributed by atoms with E-state index in [-0.39, 0.29) is 5.78 Å². The van der Waals surface area contributed by atoms with Crippen LogP contribution < -0.4 is 0 Å². The van der Waals surface area contributed by atoms with Crippen molar-refractivity contribution in [2.75, 3.05) is 0 Å². The zero-order chi connectivity index (χ0) is 15.5. The van der Waals surface area contributed by atoms with Crippen molar-refractivity contribution in [3.8, 4) is 0 Å². The highest BCUT2D eigenvalue weighted by molar-refractivity contribution is 6.31. The fourth-order valence-corrected chi connectivity index (χ4v) is 2.41. The maximum Gasteiger partial charge on any atom is 0.185 e. The van der Waals surface area contributed by atoms with Gasteiger partial charge in [0.25, 0.3) is 0 Å². The van der Waals surface area contributed by atoms with Crippen molar-refractivity contribution < 1.29 is 4.79 Å². The zero-order valence-corrected chi connectivity index (χ0v) is 12.8. The number of aromatic nitrogens is 1. The monoisotopic (exact) mass is 307 g/mol. The van der Waals surface area contributed by atoms with E-state index < -0.39 is 0 Å². The van der Waals surface area contributed by atoms with E-state index in [1.165, 1.54) is 6.08 Å². The fraction of sp³-hybridized carbons (Fsp3) is 0.0526. The van der Waals surface area contributed by atoms with Crippen LogP contribution in [0.4, 0.5) is 0 Å². The van der Waals surface area contributed by atoms with Gasteiger partial charge in [-0.15, -0.1) is 0 Å². The second kappa shape index (κ2) is 6.12. The first kappa shape index (κ1) is 14.5. The zero-order valence-electron chi connectivity index (χ0n) is 12.1. The van der Waals surface area contributed by atoms with Crippen LogP contribution in [0.25, 0.3) is 17.0 Å². The number of pyridine rings is 1. The standard InChI is InChI=1S/C19H14ClNO/c1-13-6-8-14(9-7-13)18(22)11-10-16-12-15-4-2-3-5-17(15)21-19(16)20/h2-12H,1H3. The Hall–Kier alpha value is -2.45. The second-order valence-corrected chi connectivity index (χ2v) is 5.48. The van der Waals surface area contributed by atoms with Gasteiger partial charge in [-0.05, 0) is 31.2 Å². The van der Waals surface area contributed by atoms with Crippen LogP contribution in [0.5, 0.6) is 0 Å². The summed E-state index contributed by atoms with van der Waals surface area (Å²) in [6.45, 7) is 1.99. The van der Waals surface area contributed by atoms with Crippen molar-refractivity contribution in [3.05, 3.63) is 82.5 Å². The Bertz CT molecular complexity index is 866. The number of hydrogen-bond acceptors (Lipinski definition) is 2. The van der Waals surface area contributed by atoms with Crippen molar-refractivity contribution in [2.45, 2.75) is 6.92 Å². The van der Waals surface area contributed by atoms with Gasteiger partial charge < -0.3 is 0 Å². The molecule has 0 unspecified atom stereocenters. The van der Waals surface area contributed by atoms with Crippen molar-refractivity contribution >= 4 is 34.4 Å². The third-order valence-corrected chi connectivity index (χ3v) is 3.76. The van der Waals surface area contributed by atoms with Gasteiger partial charge in [0.15, 0.2) is 5.78 Å². The Morgan fingerprint density at radius 1 is 1.09 bits per heavy atom. The molecule has 3 heteroatoms. The first-order valence-corrected chi connectivity index (χ1v) is 7.36. The fourth-order valence-electron chi connectivity index (χ4n) is 2.21. The molecule has 2 nitrogen and oxygen atoms in total. The van der Waals surface area contributed by atoms with E-state index in [9.17, 15) is 4.79 Å². The van der Waals surface area contributed by atoms with Gasteiger partial charge in [-0.25, -0.2) is 4.98 Å². The van der Waals surface area contributed by atoms with E-state index >= 15 is 0 Å². The van der Waals surface area contributed by atoms with Crippen molar-refractivity contribution in [1.82, 2.24) is 4.98 Å². The van der Waals surface area contributed by atoms with Crippen LogP contribution in [0, 0.1) is 6.92 Å². The molecule has 22 heavy (non-hydrogen) atoms. The largest absolute Gasteiger partial charge is 0.289 e. The minimum absolute atomic E-state index is 0.0516. The summed E-state index contributed by atoms with van der Waals surface area (Å²) in [4.78, 5) is 16.5. The predicted octanol–water partition coefficient (Wildman–Crippen LogP) is 5.09. The number of fused-ring (bicyclic) bond motifs is 1. The first-order valence-electron chi connectivity index (χ1n) is 6.98. The lowest BCUT2D eigenvalue weighted by Crippen LogP contribution is -1.94. The Balaban J connectivity index is 1.90. The Morgan fingerprint density at radius 2 is 1.82 bits per heavy atom. The molecule has 0 N–H and O–H groups in total. The average Bonchev–Trinajstić information content (AvgIpc) is 2.53. The molecule has 0 saturated heterocycles. The van der Waals surface area contributed by atoms with Crippen molar-refractivity contribution in [2.24, 2.45) is 0 Å². The quantitative estimate of drug-likeness (QED) is 0.383. The van der Waals surface area contributed by atoms with Gasteiger partial charge in [0.05, 0.1) is 5.52 Å². The average molecular weight is 308 g/mol. The summed E-state index contributed by atoms with van der Waals surface area (Å²) >= 11 is 6.18. The van der Waals surface area contributed by atoms with E-state index in [2.05, 4.69) is 4.98 Å². The van der Waals surface area contributed by atoms with Crippen LogP contribution in [0.3, 0.4) is 0 Å². The van der Waals surface area contributed by atoms with Crippen LogP contribution >= 0.6 is 11.6 Å². The molecule has 3 rings (SSSR count). The Labute approximate surface area is 134 Å². The number of halogens is 1. The third kappa shape index (κ3) is 3.07. The molecule has 1 aromatic heterocycles. The lowest BCUT2D eigenvalue weighted by molar-refractivity contribution is 0.104. The van der Waals surface area contributed by atoms with E-state index in [1.54, 1.807) is 6.08 Å². The van der Waals surface area contributed by atoms with Gasteiger partial charge in [0.1, 0.15) is 5.15 Å². The number of ketones is 1. The molecule has 0 atom stereocenters. The Morgan fingerprint density at radius 3 is 2.59 bits per heavy atom. The molecule has 0 spiro atoms. The molecule has 108 valence electrons. The minimum atomic E-state index is -0.0516. The van der Waals surface area contributed by atoms with Crippen LogP contribution in [-0.4, -0.2) is 10.8 Å². The molecule has 0 bridgehead atoms. The highest BCUT2D eigenvalue weighted by Crippen LogP contribution is 2.21. The number of carbonyl (C=O) groups excluding carboxylic acids is 1. The van der Waals surface area contributed by atoms with Gasteiger partial charge in [0.2, 0.25) is 0 Å². The number of carbonyl (C=O) groups is 1. The predicted molar refractivity (Wildman–Crippen MR) is 91.3 cm³/mol. The number of allylic oxidation sites excluding steroid dienone is 1. The summed E-state index contributed by atoms with van der Waals surface area (Å²) in [6, 6.07) is 17.2. The maximum atomic E-state index is 12.2. The Kier molecular flexibility index (Phi) is 4.03. The summed E-state index contributed by atoms with van der Waals surface area (Å²) in [7, 11) is 0. The molecule has 3 aromatic rings. The molecular weight excluding hydrogens is 294 g/mol. The molecule has 2 aromatic carbocycles. The molecule has 0 saturated carbocycles. The number of nitrogens with zero attached hydrogens (tertiary/aromatic N) is 1. The lowest BCUT2D eigenvalue weighted by Gasteiger charge is -2.02. The number of aryl methyl sites for hydroxylation is 1. The number of rotatable bonds is 3. The topological polar surface area (TPSA) is 30.0 Å². The van der Waals surface area contributed by atoms with E-state index in [1.807, 2.05) is 61.5 Å². The highest BCUT2D eigenvalue weighted by Gasteiger charge is 2.04. The number of benzene rings is 2. The van der Waals surface area contributed by atoms with Crippen LogP contribution in [0.15, 0.2) is 60.7 Å². The van der Waals surface area contributed by atoms with E-state index in [0.29, 0.717) is 10.7 Å². The second-order valence-electron chi connectivity index (χ2n) is 5.12. The molecule has 0 amide bonds. The van der Waals surface area contributed by atoms with Gasteiger partial charge >= 0.3 is 0 Å². The highest BCUT2D eigenvalue weighted by atomic mass is 35.5. The molecule has 0 aliphatic carbocycles. The smallest absolute Gasteiger partial charge is 0.185 e.